The van der Waals surface area contributed by atoms with E-state index in [1.807, 2.05) is 0 Å². The van der Waals surface area contributed by atoms with E-state index in [0.29, 0.717) is 0 Å². The summed E-state index contributed by atoms with van der Waals surface area (Å²) in [6.45, 7) is 0. The molecule has 3 nitrogen and oxygen atoms in total. The first kappa shape index (κ1) is 13.5. The molecule has 1 aromatic carbocycles. The maximum absolute atomic E-state index is 13.0. The first-order chi connectivity index (χ1) is 7.88. The minimum Gasteiger partial charge on any atom is -0.468 e. The number of carbonyl (C=O) groups excluding carboxylic acids is 1. The van der Waals surface area contributed by atoms with Gasteiger partial charge >= 0.3 is 5.97 Å². The van der Waals surface area contributed by atoms with Gasteiger partial charge < -0.3 is 4.74 Å². The molecule has 17 heavy (non-hydrogen) atoms. The van der Waals surface area contributed by atoms with E-state index in [2.05, 4.69) is 4.74 Å². The van der Waals surface area contributed by atoms with Crippen LogP contribution < -0.4 is 0 Å². The molecule has 0 amide bonds. The predicted octanol–water partition coefficient (Wildman–Crippen LogP) is 1.88. The topological polar surface area (TPSA) is 29.5 Å². The molecular weight excluding hydrogens is 235 g/mol. The van der Waals surface area contributed by atoms with Crippen molar-refractivity contribution < 1.29 is 22.7 Å². The van der Waals surface area contributed by atoms with Gasteiger partial charge in [0, 0.05) is 0 Å². The summed E-state index contributed by atoms with van der Waals surface area (Å²) in [6, 6.07) is 0.574. The van der Waals surface area contributed by atoms with E-state index in [9.17, 15) is 18.0 Å². The van der Waals surface area contributed by atoms with E-state index in [1.54, 1.807) is 14.1 Å². The number of rotatable bonds is 3. The quantitative estimate of drug-likeness (QED) is 0.603. The second kappa shape index (κ2) is 5.18. The molecule has 0 spiro atoms. The molecule has 6 heteroatoms. The van der Waals surface area contributed by atoms with Gasteiger partial charge in [0.05, 0.1) is 7.11 Å². The zero-order chi connectivity index (χ0) is 13.2. The van der Waals surface area contributed by atoms with Crippen molar-refractivity contribution in [3.63, 3.8) is 0 Å². The van der Waals surface area contributed by atoms with Gasteiger partial charge in [-0.25, -0.2) is 18.0 Å². The third-order valence-electron chi connectivity index (χ3n) is 2.26. The molecule has 1 atom stereocenters. The van der Waals surface area contributed by atoms with Gasteiger partial charge in [-0.2, -0.15) is 0 Å². The highest BCUT2D eigenvalue weighted by molar-refractivity contribution is 5.77. The van der Waals surface area contributed by atoms with Crippen LogP contribution >= 0.6 is 0 Å². The van der Waals surface area contributed by atoms with Gasteiger partial charge in [0.15, 0.2) is 17.5 Å². The van der Waals surface area contributed by atoms with Crippen LogP contribution in [0.25, 0.3) is 0 Å². The van der Waals surface area contributed by atoms with Gasteiger partial charge in [-0.1, -0.05) is 0 Å². The Labute approximate surface area is 96.8 Å². The molecule has 0 saturated heterocycles. The van der Waals surface area contributed by atoms with E-state index < -0.39 is 29.5 Å². The second-order valence-corrected chi connectivity index (χ2v) is 3.69. The van der Waals surface area contributed by atoms with Crippen molar-refractivity contribution in [1.82, 2.24) is 4.90 Å². The molecule has 0 fully saturated rings. The molecule has 0 saturated carbocycles. The fourth-order valence-electron chi connectivity index (χ4n) is 1.49. The van der Waals surface area contributed by atoms with Crippen molar-refractivity contribution in [3.8, 4) is 0 Å². The van der Waals surface area contributed by atoms with Gasteiger partial charge in [0.25, 0.3) is 0 Å². The summed E-state index contributed by atoms with van der Waals surface area (Å²) in [6.07, 6.45) is 0. The van der Waals surface area contributed by atoms with Crippen LogP contribution in [-0.4, -0.2) is 32.1 Å². The first-order valence-electron chi connectivity index (χ1n) is 4.77. The Morgan fingerprint density at radius 1 is 1.24 bits per heavy atom. The lowest BCUT2D eigenvalue weighted by Crippen LogP contribution is -2.29. The highest BCUT2D eigenvalue weighted by Crippen LogP contribution is 2.23. The molecule has 0 heterocycles. The van der Waals surface area contributed by atoms with E-state index in [4.69, 9.17) is 0 Å². The zero-order valence-corrected chi connectivity index (χ0v) is 9.63. The molecule has 0 aromatic heterocycles. The number of hydrogen-bond acceptors (Lipinski definition) is 3. The number of nitrogens with zero attached hydrogens (tertiary/aromatic N) is 1. The summed E-state index contributed by atoms with van der Waals surface area (Å²) < 4.78 is 43.4. The number of benzene rings is 1. The largest absolute Gasteiger partial charge is 0.468 e. The molecular formula is C11H12F3NO2. The number of halogens is 3. The van der Waals surface area contributed by atoms with Crippen LogP contribution in [0.4, 0.5) is 13.2 Å². The zero-order valence-electron chi connectivity index (χ0n) is 9.63. The van der Waals surface area contributed by atoms with Gasteiger partial charge in [-0.15, -0.1) is 0 Å². The van der Waals surface area contributed by atoms with E-state index in [-0.39, 0.29) is 5.56 Å². The number of carbonyl (C=O) groups is 1. The molecule has 94 valence electrons. The first-order valence-corrected chi connectivity index (χ1v) is 4.77. The normalized spacial score (nSPS) is 12.6. The summed E-state index contributed by atoms with van der Waals surface area (Å²) in [5, 5.41) is 0. The van der Waals surface area contributed by atoms with Gasteiger partial charge in [0.2, 0.25) is 0 Å². The van der Waals surface area contributed by atoms with Gasteiger partial charge in [-0.05, 0) is 31.8 Å². The Morgan fingerprint density at radius 2 is 1.71 bits per heavy atom. The van der Waals surface area contributed by atoms with Crippen LogP contribution in [0.2, 0.25) is 0 Å². The molecule has 1 unspecified atom stereocenters. The molecule has 0 N–H and O–H groups in total. The van der Waals surface area contributed by atoms with Crippen LogP contribution in [0.3, 0.4) is 0 Å². The minimum atomic E-state index is -1.56. The summed E-state index contributed by atoms with van der Waals surface area (Å²) in [5.74, 6) is -4.91. The Balaban J connectivity index is 3.24. The summed E-state index contributed by atoms with van der Waals surface area (Å²) in [5.41, 5.74) is -0.00162. The van der Waals surface area contributed by atoms with Crippen molar-refractivity contribution in [1.29, 1.82) is 0 Å². The average Bonchev–Trinajstić information content (AvgIpc) is 2.25. The summed E-state index contributed by atoms with van der Waals surface area (Å²) >= 11 is 0. The second-order valence-electron chi connectivity index (χ2n) is 3.69. The fraction of sp³-hybridized carbons (Fsp3) is 0.364. The number of ether oxygens (including phenoxy) is 1. The highest BCUT2D eigenvalue weighted by Gasteiger charge is 2.26. The maximum atomic E-state index is 13.0. The molecule has 0 bridgehead atoms. The minimum absolute atomic E-state index is 0.00162. The standard InChI is InChI=1S/C11H12F3NO2/c1-15(2)10(11(16)17-3)6-4-7(12)9(14)8(13)5-6/h4-5,10H,1-3H3. The van der Waals surface area contributed by atoms with Crippen molar-refractivity contribution >= 4 is 5.97 Å². The number of hydrogen-bond donors (Lipinski definition) is 0. The van der Waals surface area contributed by atoms with Crippen LogP contribution in [0, 0.1) is 17.5 Å². The molecule has 0 aliphatic rings. The highest BCUT2D eigenvalue weighted by atomic mass is 19.2. The van der Waals surface area contributed by atoms with Crippen molar-refractivity contribution in [2.75, 3.05) is 21.2 Å². The summed E-state index contributed by atoms with van der Waals surface area (Å²) in [7, 11) is 4.25. The Hall–Kier alpha value is -1.56. The van der Waals surface area contributed by atoms with E-state index >= 15 is 0 Å². The smallest absolute Gasteiger partial charge is 0.327 e. The monoisotopic (exact) mass is 247 g/mol. The molecule has 0 aliphatic carbocycles. The van der Waals surface area contributed by atoms with Crippen LogP contribution in [-0.2, 0) is 9.53 Å². The maximum Gasteiger partial charge on any atom is 0.327 e. The summed E-state index contributed by atoms with van der Waals surface area (Å²) in [4.78, 5) is 12.9. The van der Waals surface area contributed by atoms with E-state index in [0.717, 1.165) is 19.2 Å². The van der Waals surface area contributed by atoms with Crippen LogP contribution in [0.15, 0.2) is 12.1 Å². The lowest BCUT2D eigenvalue weighted by atomic mass is 10.1. The number of methoxy groups -OCH3 is 1. The lowest BCUT2D eigenvalue weighted by molar-refractivity contribution is -0.146. The third-order valence-corrected chi connectivity index (χ3v) is 2.26. The van der Waals surface area contributed by atoms with Crippen LogP contribution in [0.1, 0.15) is 11.6 Å². The average molecular weight is 247 g/mol. The Kier molecular flexibility index (Phi) is 4.11. The van der Waals surface area contributed by atoms with E-state index in [1.165, 1.54) is 4.90 Å². The lowest BCUT2D eigenvalue weighted by Gasteiger charge is -2.22. The number of likely N-dealkylation sites (N-methyl/N-ethyl adjacent to an activating group) is 1. The van der Waals surface area contributed by atoms with Crippen molar-refractivity contribution in [2.45, 2.75) is 6.04 Å². The Bertz CT molecular complexity index is 412. The SMILES string of the molecule is COC(=O)C(c1cc(F)c(F)c(F)c1)N(C)C. The molecule has 0 aliphatic heterocycles. The Morgan fingerprint density at radius 3 is 2.06 bits per heavy atom. The molecule has 1 rings (SSSR count). The van der Waals surface area contributed by atoms with Gasteiger partial charge in [-0.3, -0.25) is 4.90 Å². The van der Waals surface area contributed by atoms with Crippen molar-refractivity contribution in [2.24, 2.45) is 0 Å². The van der Waals surface area contributed by atoms with Gasteiger partial charge in [0.1, 0.15) is 6.04 Å². The molecule has 1 aromatic rings. The third kappa shape index (κ3) is 2.76. The van der Waals surface area contributed by atoms with Crippen LogP contribution in [0.5, 0.6) is 0 Å². The molecule has 0 radical (unpaired) electrons. The van der Waals surface area contributed by atoms with Crippen molar-refractivity contribution in [3.05, 3.63) is 35.1 Å². The predicted molar refractivity (Wildman–Crippen MR) is 54.8 cm³/mol. The fourth-order valence-corrected chi connectivity index (χ4v) is 1.49. The number of esters is 1.